The molecule has 0 spiro atoms. The maximum Gasteiger partial charge on any atom is 0.251 e. The summed E-state index contributed by atoms with van der Waals surface area (Å²) in [6, 6.07) is 10.1. The van der Waals surface area contributed by atoms with Crippen LogP contribution in [-0.4, -0.2) is 16.9 Å². The van der Waals surface area contributed by atoms with Crippen LogP contribution in [0.5, 0.6) is 0 Å². The minimum atomic E-state index is -0.504. The molecule has 0 bridgehead atoms. The Hall–Kier alpha value is -2.25. The van der Waals surface area contributed by atoms with E-state index in [0.717, 1.165) is 28.8 Å². The number of carbonyl (C=O) groups excluding carboxylic acids is 2. The number of benzene rings is 1. The lowest BCUT2D eigenvalue weighted by molar-refractivity contribution is -0.119. The highest BCUT2D eigenvalue weighted by Gasteiger charge is 2.20. The first kappa shape index (κ1) is 29.0. The molecule has 2 aromatic rings. The summed E-state index contributed by atoms with van der Waals surface area (Å²) in [5.41, 5.74) is 8.09. The topological polar surface area (TPSA) is 84.2 Å². The molecule has 0 saturated heterocycles. The van der Waals surface area contributed by atoms with Crippen LogP contribution in [0, 0.1) is 6.92 Å². The zero-order valence-electron chi connectivity index (χ0n) is 21.3. The number of thiophene rings is 1. The molecule has 7 heteroatoms. The van der Waals surface area contributed by atoms with E-state index in [1.54, 1.807) is 0 Å². The average Bonchev–Trinajstić information content (AvgIpc) is 3.12. The Kier molecular flexibility index (Phi) is 13.6. The number of amides is 2. The molecule has 1 aromatic carbocycles. The van der Waals surface area contributed by atoms with Gasteiger partial charge in [-0.25, -0.2) is 0 Å². The Labute approximate surface area is 220 Å². The number of rotatable bonds is 16. The largest absolute Gasteiger partial charge is 0.365 e. The molecule has 0 atom stereocenters. The van der Waals surface area contributed by atoms with Gasteiger partial charge in [0.1, 0.15) is 5.00 Å². The first-order valence-electron chi connectivity index (χ1n) is 13.0. The lowest BCUT2D eigenvalue weighted by Crippen LogP contribution is -2.34. The van der Waals surface area contributed by atoms with Crippen molar-refractivity contribution < 1.29 is 9.59 Å². The molecule has 4 N–H and O–H groups in total. The first-order chi connectivity index (χ1) is 16.9. The highest BCUT2D eigenvalue weighted by molar-refractivity contribution is 7.80. The average molecular weight is 516 g/mol. The van der Waals surface area contributed by atoms with Crippen LogP contribution in [0.25, 0.3) is 0 Å². The fraction of sp³-hybridized carbons (Fsp3) is 0.536. The molecular formula is C28H41N3O2S2. The van der Waals surface area contributed by atoms with Gasteiger partial charge in [0.15, 0.2) is 5.11 Å². The molecule has 0 aliphatic rings. The van der Waals surface area contributed by atoms with Gasteiger partial charge >= 0.3 is 0 Å². The number of unbranched alkanes of at least 4 members (excludes halogenated alkanes) is 10. The number of hydrogen-bond donors (Lipinski definition) is 3. The molecule has 1 aromatic heterocycles. The van der Waals surface area contributed by atoms with Crippen molar-refractivity contribution in [3.8, 4) is 0 Å². The summed E-state index contributed by atoms with van der Waals surface area (Å²) in [6.45, 7) is 4.14. The molecule has 5 nitrogen and oxygen atoms in total. The smallest absolute Gasteiger partial charge is 0.251 e. The Balaban J connectivity index is 1.72. The summed E-state index contributed by atoms with van der Waals surface area (Å²) in [4.78, 5) is 25.5. The van der Waals surface area contributed by atoms with E-state index in [-0.39, 0.29) is 11.0 Å². The van der Waals surface area contributed by atoms with Gasteiger partial charge < -0.3 is 16.4 Å². The second-order valence-electron chi connectivity index (χ2n) is 9.17. The monoisotopic (exact) mass is 515 g/mol. The minimum Gasteiger partial charge on any atom is -0.365 e. The minimum absolute atomic E-state index is 0.100. The van der Waals surface area contributed by atoms with Crippen molar-refractivity contribution in [3.63, 3.8) is 0 Å². The van der Waals surface area contributed by atoms with Crippen LogP contribution in [0.4, 0.5) is 5.00 Å². The van der Waals surface area contributed by atoms with E-state index in [9.17, 15) is 9.59 Å². The Morgan fingerprint density at radius 2 is 1.49 bits per heavy atom. The summed E-state index contributed by atoms with van der Waals surface area (Å²) < 4.78 is 0. The summed E-state index contributed by atoms with van der Waals surface area (Å²) in [6.07, 6.45) is 14.8. The third-order valence-corrected chi connectivity index (χ3v) is 7.60. The Morgan fingerprint density at radius 3 is 2.06 bits per heavy atom. The van der Waals surface area contributed by atoms with Gasteiger partial charge in [-0.15, -0.1) is 11.3 Å². The molecule has 1 heterocycles. The normalized spacial score (nSPS) is 10.8. The number of anilines is 1. The fourth-order valence-corrected chi connectivity index (χ4v) is 5.70. The molecule has 0 radical (unpaired) electrons. The molecule has 192 valence electrons. The van der Waals surface area contributed by atoms with Crippen LogP contribution in [0.3, 0.4) is 0 Å². The van der Waals surface area contributed by atoms with Crippen LogP contribution < -0.4 is 16.4 Å². The van der Waals surface area contributed by atoms with Crippen LogP contribution in [0.1, 0.15) is 110 Å². The lowest BCUT2D eigenvalue weighted by atomic mass is 10.1. The Morgan fingerprint density at radius 1 is 0.914 bits per heavy atom. The van der Waals surface area contributed by atoms with Gasteiger partial charge in [0.05, 0.1) is 5.56 Å². The third kappa shape index (κ3) is 10.9. The molecule has 0 saturated carbocycles. The zero-order valence-corrected chi connectivity index (χ0v) is 22.9. The molecule has 2 rings (SSSR count). The van der Waals surface area contributed by atoms with Gasteiger partial charge in [-0.1, -0.05) is 101 Å². The van der Waals surface area contributed by atoms with Gasteiger partial charge in [-0.05, 0) is 36.7 Å². The zero-order chi connectivity index (χ0) is 25.5. The summed E-state index contributed by atoms with van der Waals surface area (Å²) >= 11 is 6.79. The Bertz CT molecular complexity index is 941. The predicted molar refractivity (Wildman–Crippen MR) is 152 cm³/mol. The molecule has 0 fully saturated rings. The number of thiocarbonyl (C=S) groups is 1. The van der Waals surface area contributed by atoms with E-state index in [1.807, 2.05) is 25.1 Å². The molecule has 2 amide bonds. The van der Waals surface area contributed by atoms with Gasteiger partial charge in [-0.3, -0.25) is 9.59 Å². The van der Waals surface area contributed by atoms with Crippen LogP contribution >= 0.6 is 23.6 Å². The van der Waals surface area contributed by atoms with Crippen LogP contribution in [0.15, 0.2) is 30.3 Å². The summed E-state index contributed by atoms with van der Waals surface area (Å²) in [5, 5.41) is 6.56. The molecule has 0 unspecified atom stereocenters. The van der Waals surface area contributed by atoms with Gasteiger partial charge in [0.25, 0.3) is 5.91 Å². The van der Waals surface area contributed by atoms with Crippen molar-refractivity contribution in [2.75, 3.05) is 5.32 Å². The summed E-state index contributed by atoms with van der Waals surface area (Å²) in [5.74, 6) is -0.604. The van der Waals surface area contributed by atoms with Crippen molar-refractivity contribution in [2.45, 2.75) is 97.3 Å². The summed E-state index contributed by atoms with van der Waals surface area (Å²) in [7, 11) is 0. The highest BCUT2D eigenvalue weighted by atomic mass is 32.1. The van der Waals surface area contributed by atoms with Gasteiger partial charge in [-0.2, -0.15) is 0 Å². The number of carbonyl (C=O) groups is 2. The maximum atomic E-state index is 12.3. The SMILES string of the molecule is CCCCCCCCCCCCCC(=O)NC(=S)Nc1sc(Cc2ccccc2)c(C)c1C(N)=O. The second kappa shape index (κ2) is 16.4. The first-order valence-corrected chi connectivity index (χ1v) is 14.2. The molecule has 35 heavy (non-hydrogen) atoms. The fourth-order valence-electron chi connectivity index (χ4n) is 4.17. The van der Waals surface area contributed by atoms with E-state index in [2.05, 4.69) is 29.7 Å². The molecule has 0 aliphatic carbocycles. The number of nitrogens with two attached hydrogens (primary N) is 1. The van der Waals surface area contributed by atoms with E-state index in [1.165, 1.54) is 69.1 Å². The van der Waals surface area contributed by atoms with Crippen molar-refractivity contribution in [2.24, 2.45) is 5.73 Å². The van der Waals surface area contributed by atoms with E-state index in [0.29, 0.717) is 23.4 Å². The van der Waals surface area contributed by atoms with Crippen LogP contribution in [-0.2, 0) is 11.2 Å². The number of primary amides is 1. The van der Waals surface area contributed by atoms with Crippen molar-refractivity contribution in [1.29, 1.82) is 0 Å². The quantitative estimate of drug-likeness (QED) is 0.162. The van der Waals surface area contributed by atoms with Crippen LogP contribution in [0.2, 0.25) is 0 Å². The third-order valence-electron chi connectivity index (χ3n) is 6.19. The standard InChI is InChI=1S/C28H41N3O2S2/c1-3-4-5-6-7-8-9-10-11-12-16-19-24(32)30-28(34)31-27-25(26(29)33)21(2)23(35-27)20-22-17-14-13-15-18-22/h13-15,17-18H,3-12,16,19-20H2,1-2H3,(H2,29,33)(H2,30,31,32,34). The van der Waals surface area contributed by atoms with Crippen molar-refractivity contribution >= 4 is 45.5 Å². The second-order valence-corrected chi connectivity index (χ2v) is 10.7. The lowest BCUT2D eigenvalue weighted by Gasteiger charge is -2.09. The predicted octanol–water partition coefficient (Wildman–Crippen LogP) is 7.26. The van der Waals surface area contributed by atoms with Crippen molar-refractivity contribution in [1.82, 2.24) is 5.32 Å². The van der Waals surface area contributed by atoms with Gasteiger partial charge in [0.2, 0.25) is 5.91 Å². The molecular weight excluding hydrogens is 474 g/mol. The van der Waals surface area contributed by atoms with E-state index in [4.69, 9.17) is 18.0 Å². The van der Waals surface area contributed by atoms with E-state index >= 15 is 0 Å². The molecule has 0 aliphatic heterocycles. The number of nitrogens with one attached hydrogen (secondary N) is 2. The number of hydrogen-bond acceptors (Lipinski definition) is 4. The van der Waals surface area contributed by atoms with E-state index < -0.39 is 5.91 Å². The van der Waals surface area contributed by atoms with Crippen molar-refractivity contribution in [3.05, 3.63) is 51.9 Å². The van der Waals surface area contributed by atoms with Gasteiger partial charge in [0, 0.05) is 17.7 Å². The maximum absolute atomic E-state index is 12.3. The highest BCUT2D eigenvalue weighted by Crippen LogP contribution is 2.34.